The standard InChI is InChI=1S/C34H39N2O5/c1-2-3-22-40-33(38)28-16-14-25(15-17-28)30(37)23-36-20-18-26(19-21-36)31(24-36)41-34(39)32(27-10-6-4-7-11-27)35-29-12-8-5-9-13-29/h4-17,26,31-32,35H,2-3,18-24H2,1H3/q+1/t26?,31-,32?,36?/m0/s1. The molecule has 214 valence electrons. The number of fused-ring (bicyclic) bond motifs is 3. The largest absolute Gasteiger partial charge is 0.462 e. The second-order valence-electron chi connectivity index (χ2n) is 11.3. The number of esters is 2. The molecule has 3 aromatic rings. The van der Waals surface area contributed by atoms with Crippen LogP contribution in [0.1, 0.15) is 64.9 Å². The molecule has 0 aliphatic carbocycles. The zero-order valence-electron chi connectivity index (χ0n) is 23.7. The van der Waals surface area contributed by atoms with Crippen molar-refractivity contribution >= 4 is 23.4 Å². The maximum absolute atomic E-state index is 13.6. The molecule has 3 aromatic carbocycles. The van der Waals surface area contributed by atoms with Crippen LogP contribution in [-0.2, 0) is 14.3 Å². The highest BCUT2D eigenvalue weighted by molar-refractivity contribution is 5.98. The van der Waals surface area contributed by atoms with Crippen LogP contribution in [-0.4, -0.2) is 61.1 Å². The fourth-order valence-corrected chi connectivity index (χ4v) is 6.00. The Balaban J connectivity index is 1.24. The number of piperidine rings is 3. The lowest BCUT2D eigenvalue weighted by molar-refractivity contribution is -0.938. The van der Waals surface area contributed by atoms with Crippen molar-refractivity contribution in [1.82, 2.24) is 0 Å². The van der Waals surface area contributed by atoms with Crippen LogP contribution in [0.3, 0.4) is 0 Å². The van der Waals surface area contributed by atoms with Gasteiger partial charge in [-0.2, -0.15) is 0 Å². The van der Waals surface area contributed by atoms with Crippen molar-refractivity contribution in [2.75, 3.05) is 38.1 Å². The normalized spacial score (nSPS) is 22.0. The number of carbonyl (C=O) groups excluding carboxylic acids is 3. The monoisotopic (exact) mass is 555 g/mol. The first-order valence-corrected chi connectivity index (χ1v) is 14.7. The minimum Gasteiger partial charge on any atom is -0.462 e. The van der Waals surface area contributed by atoms with Gasteiger partial charge in [0.2, 0.25) is 5.78 Å². The van der Waals surface area contributed by atoms with Crippen molar-refractivity contribution in [1.29, 1.82) is 0 Å². The maximum Gasteiger partial charge on any atom is 0.338 e. The third-order valence-electron chi connectivity index (χ3n) is 8.42. The molecule has 0 spiro atoms. The molecule has 0 radical (unpaired) electrons. The molecule has 7 nitrogen and oxygen atoms in total. The third kappa shape index (κ3) is 7.03. The van der Waals surface area contributed by atoms with E-state index < -0.39 is 6.04 Å². The van der Waals surface area contributed by atoms with Crippen LogP contribution in [0.15, 0.2) is 84.9 Å². The molecule has 3 aliphatic heterocycles. The number of unbranched alkanes of at least 4 members (excludes halogenated alkanes) is 1. The zero-order chi connectivity index (χ0) is 28.7. The van der Waals surface area contributed by atoms with Crippen LogP contribution in [0, 0.1) is 5.92 Å². The number of nitrogens with zero attached hydrogens (tertiary/aromatic N) is 1. The van der Waals surface area contributed by atoms with Gasteiger partial charge in [-0.05, 0) is 36.2 Å². The van der Waals surface area contributed by atoms with Crippen LogP contribution in [0.4, 0.5) is 5.69 Å². The van der Waals surface area contributed by atoms with E-state index in [2.05, 4.69) is 5.32 Å². The molecule has 3 fully saturated rings. The highest BCUT2D eigenvalue weighted by Gasteiger charge is 2.49. The molecule has 41 heavy (non-hydrogen) atoms. The summed E-state index contributed by atoms with van der Waals surface area (Å²) in [4.78, 5) is 39.2. The van der Waals surface area contributed by atoms with Crippen molar-refractivity contribution in [2.24, 2.45) is 5.92 Å². The average molecular weight is 556 g/mol. The van der Waals surface area contributed by atoms with Gasteiger partial charge in [-0.1, -0.05) is 74.0 Å². The summed E-state index contributed by atoms with van der Waals surface area (Å²) in [6.45, 7) is 5.23. The molecule has 0 aromatic heterocycles. The van der Waals surface area contributed by atoms with E-state index >= 15 is 0 Å². The lowest BCUT2D eigenvalue weighted by atomic mass is 9.82. The highest BCUT2D eigenvalue weighted by atomic mass is 16.5. The van der Waals surface area contributed by atoms with Crippen molar-refractivity contribution < 1.29 is 28.3 Å². The predicted molar refractivity (Wildman–Crippen MR) is 158 cm³/mol. The molecule has 1 N–H and O–H groups in total. The lowest BCUT2D eigenvalue weighted by Crippen LogP contribution is -2.65. The van der Waals surface area contributed by atoms with E-state index in [1.165, 1.54) is 0 Å². The van der Waals surface area contributed by atoms with Gasteiger partial charge in [0.15, 0.2) is 12.1 Å². The quantitative estimate of drug-likeness (QED) is 0.131. The summed E-state index contributed by atoms with van der Waals surface area (Å²) in [5.74, 6) is -0.322. The number of carbonyl (C=O) groups is 3. The third-order valence-corrected chi connectivity index (χ3v) is 8.42. The predicted octanol–water partition coefficient (Wildman–Crippen LogP) is 5.83. The Bertz CT molecular complexity index is 1320. The number of quaternary nitrogens is 1. The Morgan fingerprint density at radius 2 is 1.51 bits per heavy atom. The zero-order valence-corrected chi connectivity index (χ0v) is 23.7. The van der Waals surface area contributed by atoms with Crippen molar-refractivity contribution in [3.63, 3.8) is 0 Å². The lowest BCUT2D eigenvalue weighted by Gasteiger charge is -2.51. The van der Waals surface area contributed by atoms with Gasteiger partial charge >= 0.3 is 11.9 Å². The second kappa shape index (κ2) is 13.1. The second-order valence-corrected chi connectivity index (χ2v) is 11.3. The van der Waals surface area contributed by atoms with Crippen LogP contribution in [0.2, 0.25) is 0 Å². The number of ketones is 1. The molecule has 2 atom stereocenters. The summed E-state index contributed by atoms with van der Waals surface area (Å²) < 4.78 is 12.1. The van der Waals surface area contributed by atoms with Gasteiger partial charge in [0.25, 0.3) is 0 Å². The molecule has 3 aliphatic rings. The minimum absolute atomic E-state index is 0.0363. The summed E-state index contributed by atoms with van der Waals surface area (Å²) in [7, 11) is 0. The Morgan fingerprint density at radius 1 is 0.878 bits per heavy atom. The van der Waals surface area contributed by atoms with Crippen LogP contribution in [0.25, 0.3) is 0 Å². The van der Waals surface area contributed by atoms with E-state index in [1.54, 1.807) is 24.3 Å². The highest BCUT2D eigenvalue weighted by Crippen LogP contribution is 2.37. The maximum atomic E-state index is 13.6. The van der Waals surface area contributed by atoms with Gasteiger partial charge in [0.1, 0.15) is 13.1 Å². The fourth-order valence-electron chi connectivity index (χ4n) is 6.00. The van der Waals surface area contributed by atoms with E-state index in [9.17, 15) is 14.4 Å². The average Bonchev–Trinajstić information content (AvgIpc) is 3.01. The van der Waals surface area contributed by atoms with Gasteiger partial charge in [-0.25, -0.2) is 9.59 Å². The summed E-state index contributed by atoms with van der Waals surface area (Å²) in [5.41, 5.74) is 2.73. The molecule has 2 bridgehead atoms. The topological polar surface area (TPSA) is 81.7 Å². The first kappa shape index (κ1) is 28.6. The van der Waals surface area contributed by atoms with Crippen molar-refractivity contribution in [3.8, 4) is 0 Å². The number of benzene rings is 3. The van der Waals surface area contributed by atoms with E-state index in [0.29, 0.717) is 41.2 Å². The number of anilines is 1. The van der Waals surface area contributed by atoms with Crippen LogP contribution >= 0.6 is 0 Å². The van der Waals surface area contributed by atoms with E-state index in [0.717, 1.165) is 50.0 Å². The molecular weight excluding hydrogens is 516 g/mol. The Kier molecular flexibility index (Phi) is 9.14. The molecule has 7 heteroatoms. The fraction of sp³-hybridized carbons (Fsp3) is 0.382. The summed E-state index contributed by atoms with van der Waals surface area (Å²) in [6.07, 6.45) is 3.41. The Hall–Kier alpha value is -3.97. The smallest absolute Gasteiger partial charge is 0.338 e. The molecular formula is C34H39N2O5+. The first-order valence-electron chi connectivity index (χ1n) is 14.7. The molecule has 0 saturated carbocycles. The van der Waals surface area contributed by atoms with Gasteiger partial charge in [0, 0.05) is 30.0 Å². The number of ether oxygens (including phenoxy) is 2. The number of hydrogen-bond donors (Lipinski definition) is 1. The van der Waals surface area contributed by atoms with Gasteiger partial charge in [0.05, 0.1) is 25.3 Å². The number of nitrogens with one attached hydrogen (secondary N) is 1. The summed E-state index contributed by atoms with van der Waals surface area (Å²) in [6, 6.07) is 25.4. The number of Topliss-reactive ketones (excluding diaryl/α,β-unsaturated/α-hetero) is 1. The molecule has 3 saturated heterocycles. The van der Waals surface area contributed by atoms with E-state index in [4.69, 9.17) is 9.47 Å². The number of hydrogen-bond acceptors (Lipinski definition) is 6. The van der Waals surface area contributed by atoms with E-state index in [1.807, 2.05) is 67.6 Å². The first-order chi connectivity index (χ1) is 20.0. The van der Waals surface area contributed by atoms with Crippen molar-refractivity contribution in [3.05, 3.63) is 102 Å². The van der Waals surface area contributed by atoms with Crippen LogP contribution in [0.5, 0.6) is 0 Å². The van der Waals surface area contributed by atoms with Gasteiger partial charge in [-0.15, -0.1) is 0 Å². The molecule has 0 amide bonds. The Labute approximate surface area is 242 Å². The number of para-hydroxylation sites is 1. The minimum atomic E-state index is -0.628. The molecule has 3 heterocycles. The summed E-state index contributed by atoms with van der Waals surface area (Å²) in [5, 5.41) is 3.35. The SMILES string of the molecule is CCCCOC(=O)c1ccc(C(=O)C[N+]23CCC(CC2)[C@@H](OC(=O)C(Nc2ccccc2)c2ccccc2)C3)cc1. The van der Waals surface area contributed by atoms with Crippen LogP contribution < -0.4 is 5.32 Å². The molecule has 6 rings (SSSR count). The van der Waals surface area contributed by atoms with Crippen molar-refractivity contribution in [2.45, 2.75) is 44.8 Å². The number of rotatable bonds is 12. The van der Waals surface area contributed by atoms with E-state index in [-0.39, 0.29) is 23.8 Å². The summed E-state index contributed by atoms with van der Waals surface area (Å²) >= 11 is 0. The van der Waals surface area contributed by atoms with Gasteiger partial charge < -0.3 is 19.3 Å². The van der Waals surface area contributed by atoms with Gasteiger partial charge in [-0.3, -0.25) is 4.79 Å². The Morgan fingerprint density at radius 3 is 2.17 bits per heavy atom. The molecule has 1 unspecified atom stereocenters.